The van der Waals surface area contributed by atoms with Crippen molar-refractivity contribution in [2.24, 2.45) is 0 Å². The van der Waals surface area contributed by atoms with E-state index in [-0.39, 0.29) is 0 Å². The fraction of sp³-hybridized carbons (Fsp3) is 0.615. The van der Waals surface area contributed by atoms with Gasteiger partial charge in [-0.25, -0.2) is 0 Å². The zero-order valence-corrected chi connectivity index (χ0v) is 11.5. The van der Waals surface area contributed by atoms with Gasteiger partial charge in [0.1, 0.15) is 0 Å². The molecule has 1 fully saturated rings. The molecule has 0 amide bonds. The van der Waals surface area contributed by atoms with Gasteiger partial charge >= 0.3 is 0 Å². The topological polar surface area (TPSA) is 28.2 Å². The number of rotatable bonds is 4. The molecular weight excluding hydrogens is 230 g/mol. The predicted octanol–water partition coefficient (Wildman–Crippen LogP) is 2.45. The van der Waals surface area contributed by atoms with Gasteiger partial charge in [0.2, 0.25) is 0 Å². The summed E-state index contributed by atoms with van der Waals surface area (Å²) < 4.78 is 0. The van der Waals surface area contributed by atoms with Crippen LogP contribution in [0.1, 0.15) is 19.5 Å². The van der Waals surface area contributed by atoms with Crippen LogP contribution in [0, 0.1) is 0 Å². The number of thioether (sulfide) groups is 1. The van der Waals surface area contributed by atoms with Crippen molar-refractivity contribution in [2.75, 3.05) is 30.7 Å². The van der Waals surface area contributed by atoms with Crippen molar-refractivity contribution in [2.45, 2.75) is 25.6 Å². The zero-order valence-electron chi connectivity index (χ0n) is 10.6. The standard InChI is InChI=1S/C13H21N3S/c1-3-14-12-4-5-15-13(8-12)10-16-6-7-17-11(2)9-16/h4-5,8,11H,3,6-7,9-10H2,1-2H3,(H,14,15). The van der Waals surface area contributed by atoms with Crippen LogP contribution in [0.2, 0.25) is 0 Å². The molecule has 1 N–H and O–H groups in total. The second kappa shape index (κ2) is 6.26. The zero-order chi connectivity index (χ0) is 12.1. The van der Waals surface area contributed by atoms with Crippen LogP contribution in [-0.2, 0) is 6.54 Å². The Kier molecular flexibility index (Phi) is 4.68. The highest BCUT2D eigenvalue weighted by atomic mass is 32.2. The van der Waals surface area contributed by atoms with Gasteiger partial charge in [-0.15, -0.1) is 0 Å². The Morgan fingerprint density at radius 2 is 2.47 bits per heavy atom. The minimum Gasteiger partial charge on any atom is -0.385 e. The Labute approximate surface area is 108 Å². The summed E-state index contributed by atoms with van der Waals surface area (Å²) in [5.41, 5.74) is 2.35. The molecule has 0 aromatic carbocycles. The van der Waals surface area contributed by atoms with E-state index in [0.29, 0.717) is 0 Å². The van der Waals surface area contributed by atoms with Crippen LogP contribution in [0.5, 0.6) is 0 Å². The number of nitrogens with one attached hydrogen (secondary N) is 1. The predicted molar refractivity (Wildman–Crippen MR) is 75.6 cm³/mol. The van der Waals surface area contributed by atoms with E-state index in [9.17, 15) is 0 Å². The normalized spacial score (nSPS) is 21.4. The summed E-state index contributed by atoms with van der Waals surface area (Å²) in [5.74, 6) is 1.24. The summed E-state index contributed by atoms with van der Waals surface area (Å²) in [4.78, 5) is 6.95. The van der Waals surface area contributed by atoms with Gasteiger partial charge in [-0.2, -0.15) is 11.8 Å². The lowest BCUT2D eigenvalue weighted by molar-refractivity contribution is 0.275. The van der Waals surface area contributed by atoms with E-state index in [2.05, 4.69) is 46.9 Å². The van der Waals surface area contributed by atoms with Crippen LogP contribution in [0.25, 0.3) is 0 Å². The monoisotopic (exact) mass is 251 g/mol. The minimum absolute atomic E-state index is 0.751. The number of hydrogen-bond donors (Lipinski definition) is 1. The molecular formula is C13H21N3S. The molecule has 0 spiro atoms. The van der Waals surface area contributed by atoms with Gasteiger partial charge in [-0.05, 0) is 19.1 Å². The summed E-state index contributed by atoms with van der Waals surface area (Å²) in [7, 11) is 0. The molecule has 1 aliphatic heterocycles. The maximum Gasteiger partial charge on any atom is 0.0564 e. The van der Waals surface area contributed by atoms with Crippen molar-refractivity contribution in [1.29, 1.82) is 0 Å². The summed E-state index contributed by atoms with van der Waals surface area (Å²) >= 11 is 2.07. The second-order valence-electron chi connectivity index (χ2n) is 4.48. The molecule has 17 heavy (non-hydrogen) atoms. The molecule has 1 unspecified atom stereocenters. The molecule has 1 atom stereocenters. The number of aromatic nitrogens is 1. The Hall–Kier alpha value is -0.740. The Morgan fingerprint density at radius 3 is 3.24 bits per heavy atom. The lowest BCUT2D eigenvalue weighted by atomic mass is 10.2. The fourth-order valence-electron chi connectivity index (χ4n) is 2.14. The Balaban J connectivity index is 1.95. The summed E-state index contributed by atoms with van der Waals surface area (Å²) in [6, 6.07) is 4.19. The number of pyridine rings is 1. The third-order valence-corrected chi connectivity index (χ3v) is 4.04. The molecule has 2 heterocycles. The molecule has 94 valence electrons. The number of anilines is 1. The van der Waals surface area contributed by atoms with E-state index in [1.54, 1.807) is 0 Å². The molecule has 1 aliphatic rings. The van der Waals surface area contributed by atoms with Crippen molar-refractivity contribution in [3.05, 3.63) is 24.0 Å². The molecule has 1 aromatic rings. The minimum atomic E-state index is 0.751. The first-order valence-corrected chi connectivity index (χ1v) is 7.35. The molecule has 2 rings (SSSR count). The largest absolute Gasteiger partial charge is 0.385 e. The van der Waals surface area contributed by atoms with Gasteiger partial charge in [0, 0.05) is 49.1 Å². The van der Waals surface area contributed by atoms with Crippen molar-refractivity contribution in [3.63, 3.8) is 0 Å². The highest BCUT2D eigenvalue weighted by Crippen LogP contribution is 2.19. The maximum atomic E-state index is 4.45. The summed E-state index contributed by atoms with van der Waals surface area (Å²) in [6.45, 7) is 8.72. The first-order chi connectivity index (χ1) is 8.28. The van der Waals surface area contributed by atoms with Crippen LogP contribution in [0.4, 0.5) is 5.69 Å². The van der Waals surface area contributed by atoms with Crippen LogP contribution in [0.3, 0.4) is 0 Å². The van der Waals surface area contributed by atoms with Gasteiger partial charge in [-0.3, -0.25) is 9.88 Å². The molecule has 0 saturated carbocycles. The van der Waals surface area contributed by atoms with Crippen molar-refractivity contribution >= 4 is 17.4 Å². The smallest absolute Gasteiger partial charge is 0.0564 e. The van der Waals surface area contributed by atoms with E-state index < -0.39 is 0 Å². The molecule has 4 heteroatoms. The number of hydrogen-bond acceptors (Lipinski definition) is 4. The lowest BCUT2D eigenvalue weighted by Crippen LogP contribution is -2.36. The first-order valence-electron chi connectivity index (χ1n) is 6.30. The van der Waals surface area contributed by atoms with Crippen LogP contribution in [0.15, 0.2) is 18.3 Å². The number of nitrogens with zero attached hydrogens (tertiary/aromatic N) is 2. The molecule has 0 aliphatic carbocycles. The molecule has 0 bridgehead atoms. The van der Waals surface area contributed by atoms with E-state index >= 15 is 0 Å². The van der Waals surface area contributed by atoms with E-state index in [0.717, 1.165) is 18.3 Å². The van der Waals surface area contributed by atoms with Crippen molar-refractivity contribution in [3.8, 4) is 0 Å². The quantitative estimate of drug-likeness (QED) is 0.890. The SMILES string of the molecule is CCNc1ccnc(CN2CCSC(C)C2)c1. The van der Waals surface area contributed by atoms with Gasteiger partial charge in [-0.1, -0.05) is 6.92 Å². The third-order valence-electron chi connectivity index (χ3n) is 2.91. The molecule has 1 saturated heterocycles. The Bertz CT molecular complexity index is 356. The second-order valence-corrected chi connectivity index (χ2v) is 6.03. The van der Waals surface area contributed by atoms with Crippen LogP contribution >= 0.6 is 11.8 Å². The van der Waals surface area contributed by atoms with Crippen molar-refractivity contribution < 1.29 is 0 Å². The third kappa shape index (κ3) is 3.89. The van der Waals surface area contributed by atoms with Gasteiger partial charge < -0.3 is 5.32 Å². The molecule has 0 radical (unpaired) electrons. The Morgan fingerprint density at radius 1 is 1.59 bits per heavy atom. The first kappa shape index (κ1) is 12.7. The highest BCUT2D eigenvalue weighted by molar-refractivity contribution is 7.99. The average Bonchev–Trinajstić information content (AvgIpc) is 2.30. The summed E-state index contributed by atoms with van der Waals surface area (Å²) in [6.07, 6.45) is 1.90. The molecule has 1 aromatic heterocycles. The lowest BCUT2D eigenvalue weighted by Gasteiger charge is -2.30. The maximum absolute atomic E-state index is 4.45. The molecule has 3 nitrogen and oxygen atoms in total. The van der Waals surface area contributed by atoms with E-state index in [4.69, 9.17) is 0 Å². The van der Waals surface area contributed by atoms with Crippen LogP contribution < -0.4 is 5.32 Å². The highest BCUT2D eigenvalue weighted by Gasteiger charge is 2.16. The summed E-state index contributed by atoms with van der Waals surface area (Å²) in [5, 5.41) is 4.08. The fourth-order valence-corrected chi connectivity index (χ4v) is 3.22. The van der Waals surface area contributed by atoms with E-state index in [1.165, 1.54) is 30.2 Å². The average molecular weight is 251 g/mol. The van der Waals surface area contributed by atoms with Gasteiger partial charge in [0.05, 0.1) is 5.69 Å². The van der Waals surface area contributed by atoms with Gasteiger partial charge in [0.15, 0.2) is 0 Å². The van der Waals surface area contributed by atoms with Crippen molar-refractivity contribution in [1.82, 2.24) is 9.88 Å². The van der Waals surface area contributed by atoms with Crippen LogP contribution in [-0.4, -0.2) is 40.5 Å². The van der Waals surface area contributed by atoms with E-state index in [1.807, 2.05) is 12.3 Å². The van der Waals surface area contributed by atoms with Gasteiger partial charge in [0.25, 0.3) is 0 Å².